The van der Waals surface area contributed by atoms with Crippen molar-refractivity contribution in [1.29, 1.82) is 0 Å². The van der Waals surface area contributed by atoms with Crippen LogP contribution < -0.4 is 14.2 Å². The van der Waals surface area contributed by atoms with Gasteiger partial charge in [0.1, 0.15) is 18.0 Å². The zero-order chi connectivity index (χ0) is 23.9. The number of hydrogen-bond acceptors (Lipinski definition) is 7. The van der Waals surface area contributed by atoms with Crippen LogP contribution in [0.1, 0.15) is 42.4 Å². The molecule has 6 rings (SSSR count). The molecule has 4 atom stereocenters. The summed E-state index contributed by atoms with van der Waals surface area (Å²) < 4.78 is 22.8. The smallest absolute Gasteiger partial charge is 0.331 e. The Hall–Kier alpha value is -3.29. The molecule has 7 heteroatoms. The number of aliphatic hydroxyl groups is 1. The van der Waals surface area contributed by atoms with Crippen molar-refractivity contribution in [3.63, 3.8) is 0 Å². The highest BCUT2D eigenvalue weighted by Crippen LogP contribution is 2.50. The van der Waals surface area contributed by atoms with E-state index < -0.39 is 18.2 Å². The molecule has 2 aromatic rings. The van der Waals surface area contributed by atoms with Gasteiger partial charge in [0.25, 0.3) is 0 Å². The zero-order valence-electron chi connectivity index (χ0n) is 19.7. The minimum absolute atomic E-state index is 0.115. The first-order valence-electron chi connectivity index (χ1n) is 12.3. The van der Waals surface area contributed by atoms with Crippen LogP contribution in [0.3, 0.4) is 0 Å². The summed E-state index contributed by atoms with van der Waals surface area (Å²) in [5.41, 5.74) is 4.29. The Morgan fingerprint density at radius 1 is 1.20 bits per heavy atom. The highest BCUT2D eigenvalue weighted by atomic mass is 16.7. The van der Waals surface area contributed by atoms with Gasteiger partial charge in [0.2, 0.25) is 6.79 Å². The average molecular weight is 476 g/mol. The first-order valence-corrected chi connectivity index (χ1v) is 12.3. The Morgan fingerprint density at radius 3 is 2.80 bits per heavy atom. The summed E-state index contributed by atoms with van der Waals surface area (Å²) in [6, 6.07) is 11.7. The summed E-state index contributed by atoms with van der Waals surface area (Å²) in [6.07, 6.45) is 5.33. The van der Waals surface area contributed by atoms with Crippen LogP contribution >= 0.6 is 0 Å². The van der Waals surface area contributed by atoms with Gasteiger partial charge in [-0.05, 0) is 59.9 Å². The summed E-state index contributed by atoms with van der Waals surface area (Å²) in [7, 11) is 0. The Balaban J connectivity index is 1.24. The van der Waals surface area contributed by atoms with E-state index in [1.165, 1.54) is 11.6 Å². The number of aliphatic hydroxyl groups excluding tert-OH is 1. The Labute approximate surface area is 204 Å². The number of rotatable bonds is 6. The maximum absolute atomic E-state index is 12.9. The molecule has 0 bridgehead atoms. The molecule has 1 aliphatic carbocycles. The molecule has 35 heavy (non-hydrogen) atoms. The lowest BCUT2D eigenvalue weighted by atomic mass is 9.73. The fourth-order valence-corrected chi connectivity index (χ4v) is 5.71. The molecule has 182 valence electrons. The third-order valence-corrected chi connectivity index (χ3v) is 7.26. The molecule has 0 spiro atoms. The van der Waals surface area contributed by atoms with Crippen LogP contribution in [0.5, 0.6) is 17.2 Å². The van der Waals surface area contributed by atoms with Gasteiger partial charge in [-0.15, -0.1) is 0 Å². The highest BCUT2D eigenvalue weighted by Gasteiger charge is 2.50. The van der Waals surface area contributed by atoms with Crippen LogP contribution in [0.25, 0.3) is 6.08 Å². The number of carbonyl (C=O) groups excluding carboxylic acids is 1. The maximum atomic E-state index is 12.9. The Morgan fingerprint density at radius 2 is 2.00 bits per heavy atom. The monoisotopic (exact) mass is 475 g/mol. The molecule has 1 saturated heterocycles. The number of benzene rings is 2. The SMILES string of the molecule is CCCOc1ccc(/C=C/C(=O)O[C@H]2C3c4cc5c(cc4CN4CCC(=C[C@@H]2O)C34)OCO5)cc1. The molecule has 2 aromatic carbocycles. The van der Waals surface area contributed by atoms with Crippen molar-refractivity contribution in [3.05, 3.63) is 70.8 Å². The second-order valence-corrected chi connectivity index (χ2v) is 9.48. The molecule has 1 N–H and O–H groups in total. The average Bonchev–Trinajstić information content (AvgIpc) is 3.49. The van der Waals surface area contributed by atoms with E-state index in [0.717, 1.165) is 54.1 Å². The molecule has 0 saturated carbocycles. The zero-order valence-corrected chi connectivity index (χ0v) is 19.7. The van der Waals surface area contributed by atoms with Gasteiger partial charge >= 0.3 is 5.97 Å². The van der Waals surface area contributed by atoms with Crippen LogP contribution in [0.2, 0.25) is 0 Å². The summed E-state index contributed by atoms with van der Waals surface area (Å²) in [5, 5.41) is 11.0. The second kappa shape index (κ2) is 9.06. The van der Waals surface area contributed by atoms with Gasteiger partial charge < -0.3 is 24.1 Å². The predicted octanol–water partition coefficient (Wildman–Crippen LogP) is 3.80. The number of nitrogens with zero attached hydrogens (tertiary/aromatic N) is 1. The maximum Gasteiger partial charge on any atom is 0.331 e. The van der Waals surface area contributed by atoms with E-state index in [4.69, 9.17) is 18.9 Å². The lowest BCUT2D eigenvalue weighted by Crippen LogP contribution is -2.51. The second-order valence-electron chi connectivity index (χ2n) is 9.48. The Bertz CT molecular complexity index is 1190. The van der Waals surface area contributed by atoms with Gasteiger partial charge in [-0.25, -0.2) is 4.79 Å². The topological polar surface area (TPSA) is 77.5 Å². The number of fused-ring (bicyclic) bond motifs is 3. The summed E-state index contributed by atoms with van der Waals surface area (Å²) in [4.78, 5) is 15.3. The van der Waals surface area contributed by atoms with Crippen LogP contribution in [0.15, 0.2) is 54.1 Å². The lowest BCUT2D eigenvalue weighted by Gasteiger charge is -2.45. The van der Waals surface area contributed by atoms with E-state index in [9.17, 15) is 9.90 Å². The molecule has 1 fully saturated rings. The van der Waals surface area contributed by atoms with E-state index >= 15 is 0 Å². The minimum atomic E-state index is -0.866. The molecular formula is C28H29NO6. The molecular weight excluding hydrogens is 446 g/mol. The van der Waals surface area contributed by atoms with Crippen LogP contribution in [0.4, 0.5) is 0 Å². The largest absolute Gasteiger partial charge is 0.494 e. The molecule has 0 aromatic heterocycles. The standard InChI is InChI=1S/C28H29NO6/c1-2-11-32-20-6-3-17(4-7-20)5-8-25(31)35-28-22(30)12-18-9-10-29-15-19-13-23-24(34-16-33-23)14-21(19)26(28)27(18)29/h3-8,12-14,22,26-28,30H,2,9-11,15-16H2,1H3/b8-5+/t22-,26?,27?,28+/m0/s1. The number of hydrogen-bond donors (Lipinski definition) is 1. The van der Waals surface area contributed by atoms with E-state index in [1.807, 2.05) is 42.5 Å². The van der Waals surface area contributed by atoms with Crippen molar-refractivity contribution < 1.29 is 28.8 Å². The van der Waals surface area contributed by atoms with E-state index in [2.05, 4.69) is 11.8 Å². The van der Waals surface area contributed by atoms with Crippen molar-refractivity contribution in [2.45, 2.75) is 50.5 Å². The van der Waals surface area contributed by atoms with Gasteiger partial charge in [0, 0.05) is 31.1 Å². The van der Waals surface area contributed by atoms with Crippen molar-refractivity contribution in [1.82, 2.24) is 4.90 Å². The van der Waals surface area contributed by atoms with Gasteiger partial charge in [0.15, 0.2) is 11.5 Å². The third kappa shape index (κ3) is 4.09. The molecule has 2 unspecified atom stereocenters. The highest BCUT2D eigenvalue weighted by molar-refractivity contribution is 5.87. The minimum Gasteiger partial charge on any atom is -0.494 e. The fourth-order valence-electron chi connectivity index (χ4n) is 5.71. The van der Waals surface area contributed by atoms with Crippen molar-refractivity contribution in [2.24, 2.45) is 0 Å². The molecule has 3 heterocycles. The quantitative estimate of drug-likeness (QED) is 0.387. The first-order chi connectivity index (χ1) is 17.1. The van der Waals surface area contributed by atoms with Crippen LogP contribution in [0, 0.1) is 0 Å². The van der Waals surface area contributed by atoms with Crippen LogP contribution in [-0.2, 0) is 16.1 Å². The van der Waals surface area contributed by atoms with Crippen molar-refractivity contribution in [2.75, 3.05) is 19.9 Å². The first kappa shape index (κ1) is 22.2. The van der Waals surface area contributed by atoms with Gasteiger partial charge in [-0.2, -0.15) is 0 Å². The number of carbonyl (C=O) groups is 1. The summed E-state index contributed by atoms with van der Waals surface area (Å²) >= 11 is 0. The van der Waals surface area contributed by atoms with Crippen molar-refractivity contribution in [3.8, 4) is 17.2 Å². The number of ether oxygens (including phenoxy) is 4. The molecule has 0 amide bonds. The predicted molar refractivity (Wildman–Crippen MR) is 129 cm³/mol. The lowest BCUT2D eigenvalue weighted by molar-refractivity contribution is -0.150. The number of esters is 1. The van der Waals surface area contributed by atoms with E-state index in [-0.39, 0.29) is 18.8 Å². The molecule has 3 aliphatic heterocycles. The van der Waals surface area contributed by atoms with Gasteiger partial charge in [-0.3, -0.25) is 4.90 Å². The fraction of sp³-hybridized carbons (Fsp3) is 0.393. The van der Waals surface area contributed by atoms with E-state index in [0.29, 0.717) is 12.4 Å². The summed E-state index contributed by atoms with van der Waals surface area (Å²) in [6.45, 7) is 4.67. The third-order valence-electron chi connectivity index (χ3n) is 7.26. The van der Waals surface area contributed by atoms with Crippen LogP contribution in [-0.4, -0.2) is 54.2 Å². The van der Waals surface area contributed by atoms with Gasteiger partial charge in [0.05, 0.1) is 6.61 Å². The summed E-state index contributed by atoms with van der Waals surface area (Å²) in [5.74, 6) is 1.61. The molecule has 4 aliphatic rings. The van der Waals surface area contributed by atoms with E-state index in [1.54, 1.807) is 6.08 Å². The Kier molecular flexibility index (Phi) is 5.74. The normalized spacial score (nSPS) is 26.3. The molecule has 0 radical (unpaired) electrons. The van der Waals surface area contributed by atoms with Gasteiger partial charge in [-0.1, -0.05) is 30.7 Å². The van der Waals surface area contributed by atoms with Crippen molar-refractivity contribution >= 4 is 12.0 Å². The molecule has 7 nitrogen and oxygen atoms in total.